The lowest BCUT2D eigenvalue weighted by molar-refractivity contribution is 0.492. The first-order valence-corrected chi connectivity index (χ1v) is 8.49. The molecular weight excluding hydrogens is 290 g/mol. The van der Waals surface area contributed by atoms with Gasteiger partial charge in [0.1, 0.15) is 0 Å². The van der Waals surface area contributed by atoms with Crippen molar-refractivity contribution in [3.05, 3.63) is 28.6 Å². The second-order valence-corrected chi connectivity index (χ2v) is 8.11. The highest BCUT2D eigenvalue weighted by molar-refractivity contribution is 7.93. The Morgan fingerprint density at radius 1 is 1.24 bits per heavy atom. The van der Waals surface area contributed by atoms with Crippen molar-refractivity contribution in [2.75, 3.05) is 4.72 Å². The maximum absolute atomic E-state index is 12.0. The van der Waals surface area contributed by atoms with Gasteiger partial charge in [-0.1, -0.05) is 13.8 Å². The van der Waals surface area contributed by atoms with E-state index in [9.17, 15) is 13.2 Å². The van der Waals surface area contributed by atoms with Crippen molar-refractivity contribution in [2.24, 2.45) is 5.92 Å². The Hall–Kier alpha value is -1.76. The van der Waals surface area contributed by atoms with Crippen LogP contribution in [-0.4, -0.2) is 23.4 Å². The quantitative estimate of drug-likeness (QED) is 0.887. The molecule has 2 aromatic rings. The lowest BCUT2D eigenvalue weighted by atomic mass is 10.2. The van der Waals surface area contributed by atoms with Gasteiger partial charge in [0.05, 0.1) is 16.2 Å². The zero-order valence-electron chi connectivity index (χ0n) is 12.7. The molecule has 1 aromatic heterocycles. The van der Waals surface area contributed by atoms with Crippen molar-refractivity contribution in [1.82, 2.24) is 9.78 Å². The summed E-state index contributed by atoms with van der Waals surface area (Å²) in [5.41, 5.74) is 0.974. The molecule has 2 rings (SSSR count). The predicted octanol–water partition coefficient (Wildman–Crippen LogP) is 2.14. The van der Waals surface area contributed by atoms with Gasteiger partial charge in [0.15, 0.2) is 0 Å². The summed E-state index contributed by atoms with van der Waals surface area (Å²) < 4.78 is 28.0. The van der Waals surface area contributed by atoms with Crippen molar-refractivity contribution in [3.63, 3.8) is 0 Å². The van der Waals surface area contributed by atoms with Crippen LogP contribution in [0.1, 0.15) is 27.7 Å². The molecule has 0 saturated heterocycles. The summed E-state index contributed by atoms with van der Waals surface area (Å²) in [5, 5.41) is 2.74. The highest BCUT2D eigenvalue weighted by Gasteiger charge is 2.16. The van der Waals surface area contributed by atoms with Crippen LogP contribution in [0.15, 0.2) is 23.0 Å². The molecule has 0 radical (unpaired) electrons. The number of aromatic nitrogens is 2. The maximum Gasteiger partial charge on any atom is 0.272 e. The third kappa shape index (κ3) is 3.29. The lowest BCUT2D eigenvalue weighted by Gasteiger charge is -2.11. The normalized spacial score (nSPS) is 12.5. The number of rotatable bonds is 5. The minimum atomic E-state index is -3.41. The molecule has 0 aliphatic rings. The average molecular weight is 311 g/mol. The van der Waals surface area contributed by atoms with E-state index in [2.05, 4.69) is 23.7 Å². The van der Waals surface area contributed by atoms with Crippen LogP contribution in [0.5, 0.6) is 0 Å². The number of hydrogen-bond donors (Lipinski definition) is 2. The fourth-order valence-electron chi connectivity index (χ4n) is 2.05. The minimum absolute atomic E-state index is 0.212. The summed E-state index contributed by atoms with van der Waals surface area (Å²) in [6.45, 7) is 8.04. The van der Waals surface area contributed by atoms with Crippen LogP contribution in [0, 0.1) is 5.92 Å². The fourth-order valence-corrected chi connectivity index (χ4v) is 2.74. The molecule has 6 nitrogen and oxygen atoms in total. The second kappa shape index (κ2) is 5.55. The zero-order valence-corrected chi connectivity index (χ0v) is 13.5. The Labute approximate surface area is 124 Å². The van der Waals surface area contributed by atoms with E-state index in [1.54, 1.807) is 36.7 Å². The van der Waals surface area contributed by atoms with Gasteiger partial charge in [-0.25, -0.2) is 8.42 Å². The van der Waals surface area contributed by atoms with E-state index in [1.807, 2.05) is 0 Å². The number of nitrogens with zero attached hydrogens (tertiary/aromatic N) is 1. The van der Waals surface area contributed by atoms with Crippen molar-refractivity contribution in [3.8, 4) is 0 Å². The number of sulfonamides is 1. The third-order valence-corrected chi connectivity index (χ3v) is 4.96. The molecule has 0 atom stereocenters. The fraction of sp³-hybridized carbons (Fsp3) is 0.500. The molecule has 1 aromatic carbocycles. The Morgan fingerprint density at radius 2 is 1.90 bits per heavy atom. The first-order valence-electron chi connectivity index (χ1n) is 6.95. The standard InChI is InChI=1S/C14H21N3O3S/c1-9(2)8-17-13-6-5-11(7-12(13)14(18)15-17)16-21(19,20)10(3)4/h5-7,9-10,16H,8H2,1-4H3,(H,15,18). The molecular formula is C14H21N3O3S. The number of anilines is 1. The van der Waals surface area contributed by atoms with E-state index in [0.29, 0.717) is 23.5 Å². The van der Waals surface area contributed by atoms with Gasteiger partial charge < -0.3 is 0 Å². The number of aromatic amines is 1. The van der Waals surface area contributed by atoms with Gasteiger partial charge in [0.25, 0.3) is 5.56 Å². The SMILES string of the molecule is CC(C)Cn1[nH]c(=O)c2cc(NS(=O)(=O)C(C)C)ccc21. The summed E-state index contributed by atoms with van der Waals surface area (Å²) in [4.78, 5) is 12.0. The van der Waals surface area contributed by atoms with Gasteiger partial charge >= 0.3 is 0 Å². The largest absolute Gasteiger partial charge is 0.284 e. The molecule has 21 heavy (non-hydrogen) atoms. The number of H-pyrrole nitrogens is 1. The van der Waals surface area contributed by atoms with Crippen molar-refractivity contribution < 1.29 is 8.42 Å². The molecule has 0 aliphatic carbocycles. The number of fused-ring (bicyclic) bond motifs is 1. The number of hydrogen-bond acceptors (Lipinski definition) is 3. The van der Waals surface area contributed by atoms with Crippen LogP contribution in [0.25, 0.3) is 10.9 Å². The molecule has 0 saturated carbocycles. The molecule has 7 heteroatoms. The Bertz CT molecular complexity index is 800. The maximum atomic E-state index is 12.0. The van der Waals surface area contributed by atoms with Gasteiger partial charge in [-0.2, -0.15) is 0 Å². The van der Waals surface area contributed by atoms with E-state index in [-0.39, 0.29) is 5.56 Å². The van der Waals surface area contributed by atoms with Gasteiger partial charge in [-0.15, -0.1) is 0 Å². The van der Waals surface area contributed by atoms with Gasteiger partial charge in [0.2, 0.25) is 10.0 Å². The van der Waals surface area contributed by atoms with E-state index >= 15 is 0 Å². The zero-order chi connectivity index (χ0) is 15.8. The van der Waals surface area contributed by atoms with Crippen molar-refractivity contribution in [1.29, 1.82) is 0 Å². The molecule has 0 bridgehead atoms. The molecule has 116 valence electrons. The highest BCUT2D eigenvalue weighted by Crippen LogP contribution is 2.19. The molecule has 2 N–H and O–H groups in total. The number of benzene rings is 1. The van der Waals surface area contributed by atoms with Crippen molar-refractivity contribution in [2.45, 2.75) is 39.5 Å². The minimum Gasteiger partial charge on any atom is -0.284 e. The lowest BCUT2D eigenvalue weighted by Crippen LogP contribution is -2.22. The Kier molecular flexibility index (Phi) is 4.13. The van der Waals surface area contributed by atoms with Crippen LogP contribution in [0.2, 0.25) is 0 Å². The van der Waals surface area contributed by atoms with E-state index in [4.69, 9.17) is 0 Å². The van der Waals surface area contributed by atoms with Crippen LogP contribution < -0.4 is 10.3 Å². The topological polar surface area (TPSA) is 84.0 Å². The summed E-state index contributed by atoms with van der Waals surface area (Å²) in [6.07, 6.45) is 0. The molecule has 1 heterocycles. The van der Waals surface area contributed by atoms with Crippen LogP contribution in [0.4, 0.5) is 5.69 Å². The van der Waals surface area contributed by atoms with E-state index in [0.717, 1.165) is 5.52 Å². The monoisotopic (exact) mass is 311 g/mol. The smallest absolute Gasteiger partial charge is 0.272 e. The van der Waals surface area contributed by atoms with Crippen molar-refractivity contribution >= 4 is 26.6 Å². The summed E-state index contributed by atoms with van der Waals surface area (Å²) >= 11 is 0. The first kappa shape index (κ1) is 15.6. The summed E-state index contributed by atoms with van der Waals surface area (Å²) in [6, 6.07) is 5.01. The van der Waals surface area contributed by atoms with Gasteiger partial charge in [-0.3, -0.25) is 19.3 Å². The Morgan fingerprint density at radius 3 is 2.48 bits per heavy atom. The molecule has 0 spiro atoms. The van der Waals surface area contributed by atoms with E-state index in [1.165, 1.54) is 0 Å². The average Bonchev–Trinajstić information content (AvgIpc) is 2.64. The first-order chi connectivity index (χ1) is 9.70. The van der Waals surface area contributed by atoms with Crippen LogP contribution in [-0.2, 0) is 16.6 Å². The predicted molar refractivity (Wildman–Crippen MR) is 85.1 cm³/mol. The summed E-state index contributed by atoms with van der Waals surface area (Å²) in [7, 11) is -3.41. The van der Waals surface area contributed by atoms with Crippen LogP contribution >= 0.6 is 0 Å². The number of nitrogens with one attached hydrogen (secondary N) is 2. The van der Waals surface area contributed by atoms with Gasteiger partial charge in [-0.05, 0) is 38.0 Å². The molecule has 0 amide bonds. The van der Waals surface area contributed by atoms with E-state index < -0.39 is 15.3 Å². The summed E-state index contributed by atoms with van der Waals surface area (Å²) in [5.74, 6) is 0.398. The third-order valence-electron chi connectivity index (χ3n) is 3.20. The van der Waals surface area contributed by atoms with Crippen LogP contribution in [0.3, 0.4) is 0 Å². The molecule has 0 unspecified atom stereocenters. The second-order valence-electron chi connectivity index (χ2n) is 5.87. The Balaban J connectivity index is 2.44. The molecule has 0 aliphatic heterocycles. The van der Waals surface area contributed by atoms with Gasteiger partial charge in [0, 0.05) is 12.2 Å². The highest BCUT2D eigenvalue weighted by atomic mass is 32.2. The molecule has 0 fully saturated rings.